The third-order valence-electron chi connectivity index (χ3n) is 3.47. The van der Waals surface area contributed by atoms with Gasteiger partial charge in [0.2, 0.25) is 0 Å². The lowest BCUT2D eigenvalue weighted by molar-refractivity contribution is 0.362. The summed E-state index contributed by atoms with van der Waals surface area (Å²) in [6, 6.07) is 10.5. The third-order valence-corrected chi connectivity index (χ3v) is 4.53. The molecule has 18 heavy (non-hydrogen) atoms. The molecule has 0 bridgehead atoms. The van der Waals surface area contributed by atoms with Crippen LogP contribution in [0.15, 0.2) is 41.4 Å². The largest absolute Gasteiger partial charge is 0.303 e. The summed E-state index contributed by atoms with van der Waals surface area (Å²) in [4.78, 5) is 8.33. The highest BCUT2D eigenvalue weighted by atomic mass is 32.2. The molecule has 0 N–H and O–H groups in total. The molecule has 2 aromatic rings. The first-order valence-electron chi connectivity index (χ1n) is 6.62. The van der Waals surface area contributed by atoms with Crippen LogP contribution in [0.4, 0.5) is 0 Å². The minimum atomic E-state index is 1.10. The summed E-state index contributed by atoms with van der Waals surface area (Å²) in [5.74, 6) is 1.17. The first-order chi connectivity index (χ1) is 8.93. The fourth-order valence-electron chi connectivity index (χ4n) is 2.49. The molecule has 3 heteroatoms. The van der Waals surface area contributed by atoms with Gasteiger partial charge in [-0.05, 0) is 38.1 Å². The maximum Gasteiger partial charge on any atom is 0.0713 e. The number of hydrogen-bond acceptors (Lipinski definition) is 3. The van der Waals surface area contributed by atoms with Gasteiger partial charge in [-0.15, -0.1) is 11.8 Å². The number of rotatable bonds is 4. The quantitative estimate of drug-likeness (QED) is 0.782. The first-order valence-corrected chi connectivity index (χ1v) is 7.61. The molecule has 3 rings (SSSR count). The summed E-state index contributed by atoms with van der Waals surface area (Å²) in [5.41, 5.74) is 1.10. The zero-order valence-electron chi connectivity index (χ0n) is 10.5. The normalized spacial score (nSPS) is 16.4. The number of fused-ring (bicyclic) bond motifs is 1. The summed E-state index contributed by atoms with van der Waals surface area (Å²) in [6.07, 6.45) is 4.67. The number of pyridine rings is 1. The van der Waals surface area contributed by atoms with Crippen molar-refractivity contribution in [3.63, 3.8) is 0 Å². The number of aromatic nitrogens is 1. The van der Waals surface area contributed by atoms with Crippen LogP contribution in [0.5, 0.6) is 0 Å². The number of thioether (sulfide) groups is 1. The van der Waals surface area contributed by atoms with Crippen LogP contribution in [0.25, 0.3) is 10.9 Å². The second kappa shape index (κ2) is 5.72. The van der Waals surface area contributed by atoms with E-state index in [1.54, 1.807) is 0 Å². The van der Waals surface area contributed by atoms with E-state index < -0.39 is 0 Å². The van der Waals surface area contributed by atoms with Crippen molar-refractivity contribution in [2.24, 2.45) is 0 Å². The fraction of sp³-hybridized carbons (Fsp3) is 0.400. The van der Waals surface area contributed by atoms with Crippen LogP contribution in [0.3, 0.4) is 0 Å². The van der Waals surface area contributed by atoms with E-state index in [1.165, 1.54) is 48.5 Å². The Balaban J connectivity index is 1.66. The molecule has 1 aromatic heterocycles. The van der Waals surface area contributed by atoms with Gasteiger partial charge in [0.25, 0.3) is 0 Å². The summed E-state index contributed by atoms with van der Waals surface area (Å²) in [7, 11) is 0. The molecule has 0 spiro atoms. The molecule has 1 saturated heterocycles. The molecule has 2 nitrogen and oxygen atoms in total. The van der Waals surface area contributed by atoms with Gasteiger partial charge in [-0.3, -0.25) is 4.98 Å². The molecule has 0 saturated carbocycles. The zero-order chi connectivity index (χ0) is 12.2. The fourth-order valence-corrected chi connectivity index (χ4v) is 3.54. The highest BCUT2D eigenvalue weighted by molar-refractivity contribution is 7.99. The van der Waals surface area contributed by atoms with Crippen molar-refractivity contribution in [1.82, 2.24) is 9.88 Å². The van der Waals surface area contributed by atoms with E-state index in [1.807, 2.05) is 24.0 Å². The van der Waals surface area contributed by atoms with Gasteiger partial charge in [-0.1, -0.05) is 18.2 Å². The van der Waals surface area contributed by atoms with E-state index in [4.69, 9.17) is 0 Å². The topological polar surface area (TPSA) is 16.1 Å². The molecule has 0 aliphatic carbocycles. The monoisotopic (exact) mass is 258 g/mol. The molecule has 94 valence electrons. The van der Waals surface area contributed by atoms with Crippen LogP contribution in [0.2, 0.25) is 0 Å². The van der Waals surface area contributed by atoms with E-state index in [-0.39, 0.29) is 0 Å². The standard InChI is InChI=1S/C15H18N2S/c1-2-6-14-13(5-1)15(7-8-16-14)18-12-11-17-9-3-4-10-17/h1-2,5-8H,3-4,9-12H2. The van der Waals surface area contributed by atoms with Gasteiger partial charge in [0.1, 0.15) is 0 Å². The molecule has 0 radical (unpaired) electrons. The van der Waals surface area contributed by atoms with Crippen LogP contribution in [-0.2, 0) is 0 Å². The lowest BCUT2D eigenvalue weighted by atomic mass is 10.2. The minimum Gasteiger partial charge on any atom is -0.303 e. The van der Waals surface area contributed by atoms with E-state index in [9.17, 15) is 0 Å². The van der Waals surface area contributed by atoms with Crippen LogP contribution < -0.4 is 0 Å². The predicted octanol–water partition coefficient (Wildman–Crippen LogP) is 3.42. The smallest absolute Gasteiger partial charge is 0.0713 e. The number of para-hydroxylation sites is 1. The van der Waals surface area contributed by atoms with Crippen molar-refractivity contribution >= 4 is 22.7 Å². The second-order valence-electron chi connectivity index (χ2n) is 4.72. The Bertz CT molecular complexity index is 515. The molecule has 1 aliphatic rings. The van der Waals surface area contributed by atoms with Gasteiger partial charge >= 0.3 is 0 Å². The van der Waals surface area contributed by atoms with Crippen LogP contribution in [0.1, 0.15) is 12.8 Å². The minimum absolute atomic E-state index is 1.10. The number of nitrogens with zero attached hydrogens (tertiary/aromatic N) is 2. The average Bonchev–Trinajstić information content (AvgIpc) is 2.92. The molecule has 0 amide bonds. The number of hydrogen-bond donors (Lipinski definition) is 0. The van der Waals surface area contributed by atoms with Crippen molar-refractivity contribution < 1.29 is 0 Å². The Kier molecular flexibility index (Phi) is 3.81. The summed E-state index contributed by atoms with van der Waals surface area (Å²) in [6.45, 7) is 3.79. The molecule has 1 fully saturated rings. The van der Waals surface area contributed by atoms with Crippen LogP contribution in [-0.4, -0.2) is 35.3 Å². The lowest BCUT2D eigenvalue weighted by Crippen LogP contribution is -2.21. The van der Waals surface area contributed by atoms with Crippen LogP contribution in [0, 0.1) is 0 Å². The third kappa shape index (κ3) is 2.68. The molecular formula is C15H18N2S. The Morgan fingerprint density at radius 1 is 1.11 bits per heavy atom. The summed E-state index contributed by atoms with van der Waals surface area (Å²) < 4.78 is 0. The first kappa shape index (κ1) is 12.0. The number of likely N-dealkylation sites (tertiary alicyclic amines) is 1. The Morgan fingerprint density at radius 3 is 2.83 bits per heavy atom. The molecule has 1 aliphatic heterocycles. The number of benzene rings is 1. The van der Waals surface area contributed by atoms with Gasteiger partial charge in [0.05, 0.1) is 5.52 Å². The molecule has 0 atom stereocenters. The van der Waals surface area contributed by atoms with E-state index in [0.29, 0.717) is 0 Å². The molecule has 2 heterocycles. The second-order valence-corrected chi connectivity index (χ2v) is 5.86. The summed E-state index contributed by atoms with van der Waals surface area (Å²) >= 11 is 1.96. The van der Waals surface area contributed by atoms with Gasteiger partial charge in [-0.2, -0.15) is 0 Å². The SMILES string of the molecule is c1ccc2c(SCCN3CCCC3)ccnc2c1. The molecule has 0 unspecified atom stereocenters. The van der Waals surface area contributed by atoms with E-state index in [0.717, 1.165) is 5.52 Å². The van der Waals surface area contributed by atoms with E-state index in [2.05, 4.69) is 34.1 Å². The predicted molar refractivity (Wildman–Crippen MR) is 78.1 cm³/mol. The molecular weight excluding hydrogens is 240 g/mol. The highest BCUT2D eigenvalue weighted by Crippen LogP contribution is 2.26. The van der Waals surface area contributed by atoms with Gasteiger partial charge in [0.15, 0.2) is 0 Å². The van der Waals surface area contributed by atoms with Gasteiger partial charge in [0, 0.05) is 28.8 Å². The van der Waals surface area contributed by atoms with Gasteiger partial charge < -0.3 is 4.90 Å². The van der Waals surface area contributed by atoms with Crippen LogP contribution >= 0.6 is 11.8 Å². The molecule has 1 aromatic carbocycles. The van der Waals surface area contributed by atoms with Crippen molar-refractivity contribution in [2.75, 3.05) is 25.4 Å². The summed E-state index contributed by atoms with van der Waals surface area (Å²) in [5, 5.41) is 1.28. The van der Waals surface area contributed by atoms with Crippen molar-refractivity contribution in [1.29, 1.82) is 0 Å². The zero-order valence-corrected chi connectivity index (χ0v) is 11.3. The van der Waals surface area contributed by atoms with Gasteiger partial charge in [-0.25, -0.2) is 0 Å². The maximum absolute atomic E-state index is 4.40. The van der Waals surface area contributed by atoms with Crippen molar-refractivity contribution in [3.8, 4) is 0 Å². The average molecular weight is 258 g/mol. The lowest BCUT2D eigenvalue weighted by Gasteiger charge is -2.14. The maximum atomic E-state index is 4.40. The van der Waals surface area contributed by atoms with Crippen molar-refractivity contribution in [3.05, 3.63) is 36.5 Å². The Hall–Kier alpha value is -1.06. The highest BCUT2D eigenvalue weighted by Gasteiger charge is 2.11. The Morgan fingerprint density at radius 2 is 1.94 bits per heavy atom. The van der Waals surface area contributed by atoms with E-state index >= 15 is 0 Å². The van der Waals surface area contributed by atoms with Crippen molar-refractivity contribution in [2.45, 2.75) is 17.7 Å². The Labute approximate surface area is 112 Å².